The van der Waals surface area contributed by atoms with Crippen LogP contribution in [0.25, 0.3) is 16.7 Å². The molecule has 0 amide bonds. The molecule has 0 aliphatic carbocycles. The fourth-order valence-corrected chi connectivity index (χ4v) is 3.20. The van der Waals surface area contributed by atoms with Crippen molar-refractivity contribution >= 4 is 22.7 Å². The molecule has 0 aliphatic heterocycles. The molecule has 142 valence electrons. The predicted molar refractivity (Wildman–Crippen MR) is 111 cm³/mol. The molecule has 0 fully saturated rings. The van der Waals surface area contributed by atoms with E-state index in [0.717, 1.165) is 16.9 Å². The number of aromatic amines is 1. The minimum Gasteiger partial charge on any atom is -0.326 e. The lowest BCUT2D eigenvalue weighted by molar-refractivity contribution is 0.687. The molecule has 2 N–H and O–H groups in total. The van der Waals surface area contributed by atoms with E-state index in [2.05, 4.69) is 25.5 Å². The van der Waals surface area contributed by atoms with Crippen molar-refractivity contribution in [2.75, 3.05) is 5.32 Å². The van der Waals surface area contributed by atoms with Crippen LogP contribution in [0, 0.1) is 0 Å². The molecule has 2 aromatic carbocycles. The molecule has 0 unspecified atom stereocenters. The molecule has 0 atom stereocenters. The molecule has 29 heavy (non-hydrogen) atoms. The number of para-hydroxylation sites is 1. The van der Waals surface area contributed by atoms with Crippen molar-refractivity contribution in [3.63, 3.8) is 0 Å². The highest BCUT2D eigenvalue weighted by Crippen LogP contribution is 2.18. The van der Waals surface area contributed by atoms with Crippen LogP contribution < -0.4 is 10.9 Å². The zero-order valence-electron chi connectivity index (χ0n) is 15.4. The lowest BCUT2D eigenvalue weighted by Gasteiger charge is -2.09. The van der Waals surface area contributed by atoms with Gasteiger partial charge in [0.1, 0.15) is 5.39 Å². The third-order valence-electron chi connectivity index (χ3n) is 4.53. The molecule has 0 saturated carbocycles. The first-order valence-corrected chi connectivity index (χ1v) is 9.13. The van der Waals surface area contributed by atoms with E-state index in [1.54, 1.807) is 10.9 Å². The number of benzene rings is 2. The quantitative estimate of drug-likeness (QED) is 0.486. The first kappa shape index (κ1) is 16.9. The van der Waals surface area contributed by atoms with Gasteiger partial charge in [0.05, 0.1) is 18.4 Å². The third kappa shape index (κ3) is 3.39. The molecule has 0 saturated heterocycles. The van der Waals surface area contributed by atoms with E-state index in [1.807, 2.05) is 71.5 Å². The number of nitrogens with zero attached hydrogens (tertiary/aromatic N) is 5. The minimum atomic E-state index is -0.243. The number of anilines is 2. The number of aromatic nitrogens is 6. The summed E-state index contributed by atoms with van der Waals surface area (Å²) < 4.78 is 3.51. The van der Waals surface area contributed by atoms with Gasteiger partial charge < -0.3 is 5.32 Å². The summed E-state index contributed by atoms with van der Waals surface area (Å²) in [4.78, 5) is 19.9. The fourth-order valence-electron chi connectivity index (χ4n) is 3.20. The van der Waals surface area contributed by atoms with Crippen LogP contribution >= 0.6 is 0 Å². The molecule has 0 aliphatic rings. The maximum absolute atomic E-state index is 12.5. The van der Waals surface area contributed by atoms with E-state index in [-0.39, 0.29) is 5.56 Å². The summed E-state index contributed by atoms with van der Waals surface area (Å²) in [7, 11) is 0. The van der Waals surface area contributed by atoms with E-state index >= 15 is 0 Å². The van der Waals surface area contributed by atoms with Gasteiger partial charge >= 0.3 is 0 Å². The number of hydrogen-bond acceptors (Lipinski definition) is 5. The zero-order chi connectivity index (χ0) is 19.6. The summed E-state index contributed by atoms with van der Waals surface area (Å²) in [5.74, 6) is 0.358. The number of fused-ring (bicyclic) bond motifs is 1. The van der Waals surface area contributed by atoms with Gasteiger partial charge in [-0.25, -0.2) is 4.68 Å². The zero-order valence-corrected chi connectivity index (χ0v) is 15.4. The molecule has 3 aromatic heterocycles. The summed E-state index contributed by atoms with van der Waals surface area (Å²) >= 11 is 0. The highest BCUT2D eigenvalue weighted by Gasteiger charge is 2.11. The number of nitrogens with one attached hydrogen (secondary N) is 2. The lowest BCUT2D eigenvalue weighted by atomic mass is 10.2. The first-order valence-electron chi connectivity index (χ1n) is 9.13. The van der Waals surface area contributed by atoms with Crippen LogP contribution in [0.5, 0.6) is 0 Å². The van der Waals surface area contributed by atoms with Gasteiger partial charge in [0.15, 0.2) is 5.65 Å². The highest BCUT2D eigenvalue weighted by molar-refractivity contribution is 5.76. The van der Waals surface area contributed by atoms with Crippen molar-refractivity contribution in [2.24, 2.45) is 0 Å². The van der Waals surface area contributed by atoms with Gasteiger partial charge in [-0.3, -0.25) is 14.5 Å². The summed E-state index contributed by atoms with van der Waals surface area (Å²) in [6.45, 7) is 0.659. The van der Waals surface area contributed by atoms with Crippen molar-refractivity contribution in [3.05, 3.63) is 95.2 Å². The lowest BCUT2D eigenvalue weighted by Crippen LogP contribution is -2.12. The Hall–Kier alpha value is -4.20. The number of hydrogen-bond donors (Lipinski definition) is 2. The summed E-state index contributed by atoms with van der Waals surface area (Å²) in [6.07, 6.45) is 5.20. The summed E-state index contributed by atoms with van der Waals surface area (Å²) in [5, 5.41) is 12.2. The van der Waals surface area contributed by atoms with Crippen molar-refractivity contribution < 1.29 is 0 Å². The van der Waals surface area contributed by atoms with Crippen LogP contribution in [0.4, 0.5) is 11.6 Å². The normalized spacial score (nSPS) is 11.0. The second kappa shape index (κ2) is 7.08. The predicted octanol–water partition coefficient (Wildman–Crippen LogP) is 3.10. The van der Waals surface area contributed by atoms with Crippen LogP contribution in [0.1, 0.15) is 5.56 Å². The Morgan fingerprint density at radius 1 is 1.00 bits per heavy atom. The van der Waals surface area contributed by atoms with E-state index in [9.17, 15) is 4.79 Å². The van der Waals surface area contributed by atoms with Crippen LogP contribution in [0.15, 0.2) is 84.0 Å². The molecular formula is C21H17N7O. The maximum Gasteiger partial charge on any atom is 0.263 e. The standard InChI is InChI=1S/C21H17N7O/c29-20-18-13-23-28(17-8-2-1-3-9-17)19(18)25-21(26-20)24-16-7-4-6-15(12-16)14-27-11-5-10-22-27/h1-13H,14H2,(H2,24,25,26,29). The summed E-state index contributed by atoms with van der Waals surface area (Å²) in [6, 6.07) is 19.4. The highest BCUT2D eigenvalue weighted by atomic mass is 16.1. The van der Waals surface area contributed by atoms with Crippen molar-refractivity contribution in [3.8, 4) is 5.69 Å². The topological polar surface area (TPSA) is 93.4 Å². The van der Waals surface area contributed by atoms with Crippen LogP contribution in [0.2, 0.25) is 0 Å². The molecule has 5 aromatic rings. The van der Waals surface area contributed by atoms with E-state index in [0.29, 0.717) is 23.5 Å². The maximum atomic E-state index is 12.5. The molecule has 0 radical (unpaired) electrons. The van der Waals surface area contributed by atoms with E-state index in [4.69, 9.17) is 0 Å². The number of H-pyrrole nitrogens is 1. The first-order chi connectivity index (χ1) is 14.3. The van der Waals surface area contributed by atoms with Gasteiger partial charge in [-0.2, -0.15) is 15.2 Å². The largest absolute Gasteiger partial charge is 0.326 e. The molecule has 0 spiro atoms. The smallest absolute Gasteiger partial charge is 0.263 e. The van der Waals surface area contributed by atoms with Gasteiger partial charge in [-0.05, 0) is 35.9 Å². The van der Waals surface area contributed by atoms with Crippen molar-refractivity contribution in [1.82, 2.24) is 29.5 Å². The van der Waals surface area contributed by atoms with E-state index in [1.165, 1.54) is 6.20 Å². The Kier molecular flexibility index (Phi) is 4.14. The summed E-state index contributed by atoms with van der Waals surface area (Å²) in [5.41, 5.74) is 3.00. The van der Waals surface area contributed by atoms with E-state index < -0.39 is 0 Å². The molecule has 8 heteroatoms. The third-order valence-corrected chi connectivity index (χ3v) is 4.53. The second-order valence-corrected chi connectivity index (χ2v) is 6.57. The second-order valence-electron chi connectivity index (χ2n) is 6.57. The Morgan fingerprint density at radius 2 is 1.90 bits per heavy atom. The van der Waals surface area contributed by atoms with Gasteiger partial charge in [-0.15, -0.1) is 0 Å². The van der Waals surface area contributed by atoms with Gasteiger partial charge in [0.2, 0.25) is 5.95 Å². The Labute approximate surface area is 165 Å². The fraction of sp³-hybridized carbons (Fsp3) is 0.0476. The molecule has 3 heterocycles. The van der Waals surface area contributed by atoms with Gasteiger partial charge in [0, 0.05) is 18.1 Å². The van der Waals surface area contributed by atoms with Crippen molar-refractivity contribution in [1.29, 1.82) is 0 Å². The van der Waals surface area contributed by atoms with Crippen LogP contribution in [0.3, 0.4) is 0 Å². The van der Waals surface area contributed by atoms with Crippen LogP contribution in [-0.4, -0.2) is 29.5 Å². The van der Waals surface area contributed by atoms with Crippen molar-refractivity contribution in [2.45, 2.75) is 6.54 Å². The minimum absolute atomic E-state index is 0.243. The average Bonchev–Trinajstić information content (AvgIpc) is 3.39. The van der Waals surface area contributed by atoms with Gasteiger partial charge in [-0.1, -0.05) is 30.3 Å². The molecule has 5 rings (SSSR count). The van der Waals surface area contributed by atoms with Gasteiger partial charge in [0.25, 0.3) is 5.56 Å². The Morgan fingerprint density at radius 3 is 2.72 bits per heavy atom. The van der Waals surface area contributed by atoms with Crippen LogP contribution in [-0.2, 0) is 6.54 Å². The monoisotopic (exact) mass is 383 g/mol. The molecular weight excluding hydrogens is 366 g/mol. The molecule has 8 nitrogen and oxygen atoms in total. The SMILES string of the molecule is O=c1[nH]c(Nc2cccc(Cn3cccn3)c2)nc2c1cnn2-c1ccccc1. The Bertz CT molecular complexity index is 1320. The average molecular weight is 383 g/mol. The number of rotatable bonds is 5. The Balaban J connectivity index is 1.49. The molecule has 0 bridgehead atoms.